The molecule has 1 N–H and O–H groups in total. The Morgan fingerprint density at radius 3 is 2.47 bits per heavy atom. The van der Waals surface area contributed by atoms with Crippen LogP contribution in [-0.2, 0) is 18.5 Å². The highest BCUT2D eigenvalue weighted by atomic mass is 35.5. The summed E-state index contributed by atoms with van der Waals surface area (Å²) in [6.45, 7) is 0.319. The zero-order valence-corrected chi connectivity index (χ0v) is 17.9. The molecule has 6 nitrogen and oxygen atoms in total. The number of alkyl halides is 3. The van der Waals surface area contributed by atoms with Gasteiger partial charge in [-0.1, -0.05) is 23.7 Å². The number of anilines is 1. The maximum absolute atomic E-state index is 14.9. The standard InChI is InChI=1S/C20H14ClF4N3O3S/c1-31-11-4-2-10(3-5-11)8-27-17-12(9-32-27)18(14(22)6-13(17)21)28-15(20(23,24)25)7-16(29)26-19(28)30/h2-7H,8-9H2,1H3,(H,26,29,30). The third-order valence-corrected chi connectivity index (χ3v) is 6.16. The number of ether oxygens (including phenoxy) is 1. The van der Waals surface area contributed by atoms with Gasteiger partial charge < -0.3 is 9.04 Å². The highest BCUT2D eigenvalue weighted by Crippen LogP contribution is 2.47. The molecule has 0 amide bonds. The van der Waals surface area contributed by atoms with E-state index >= 15 is 0 Å². The molecule has 0 saturated heterocycles. The summed E-state index contributed by atoms with van der Waals surface area (Å²) >= 11 is 7.47. The first-order valence-electron chi connectivity index (χ1n) is 9.08. The lowest BCUT2D eigenvalue weighted by Gasteiger charge is -2.21. The summed E-state index contributed by atoms with van der Waals surface area (Å²) in [6, 6.07) is 8.21. The van der Waals surface area contributed by atoms with E-state index in [2.05, 4.69) is 0 Å². The second kappa shape index (κ2) is 8.21. The Bertz CT molecular complexity index is 1310. The molecule has 1 aliphatic heterocycles. The molecule has 1 aromatic heterocycles. The number of H-pyrrole nitrogens is 1. The average Bonchev–Trinajstić information content (AvgIpc) is 3.12. The number of methoxy groups -OCH3 is 1. The predicted molar refractivity (Wildman–Crippen MR) is 113 cm³/mol. The first kappa shape index (κ1) is 22.3. The van der Waals surface area contributed by atoms with Crippen molar-refractivity contribution in [1.29, 1.82) is 0 Å². The Balaban J connectivity index is 1.87. The van der Waals surface area contributed by atoms with Gasteiger partial charge in [0.15, 0.2) is 0 Å². The summed E-state index contributed by atoms with van der Waals surface area (Å²) < 4.78 is 62.7. The summed E-state index contributed by atoms with van der Waals surface area (Å²) in [4.78, 5) is 25.6. The number of nitrogens with zero attached hydrogens (tertiary/aromatic N) is 2. The van der Waals surface area contributed by atoms with Gasteiger partial charge in [0.25, 0.3) is 5.56 Å². The fourth-order valence-corrected chi connectivity index (χ4v) is 4.95. The Labute approximate surface area is 187 Å². The first-order valence-corrected chi connectivity index (χ1v) is 10.4. The van der Waals surface area contributed by atoms with E-state index in [4.69, 9.17) is 16.3 Å². The van der Waals surface area contributed by atoms with Gasteiger partial charge in [0.05, 0.1) is 30.1 Å². The zero-order chi connectivity index (χ0) is 23.2. The fourth-order valence-electron chi connectivity index (χ4n) is 3.45. The van der Waals surface area contributed by atoms with Crippen molar-refractivity contribution < 1.29 is 22.3 Å². The minimum atomic E-state index is -5.07. The Hall–Kier alpha value is -2.92. The molecule has 0 saturated carbocycles. The number of aromatic amines is 1. The number of aromatic nitrogens is 2. The van der Waals surface area contributed by atoms with Crippen LogP contribution in [0, 0.1) is 5.82 Å². The van der Waals surface area contributed by atoms with Crippen molar-refractivity contribution in [2.45, 2.75) is 18.5 Å². The van der Waals surface area contributed by atoms with Crippen molar-refractivity contribution in [1.82, 2.24) is 9.55 Å². The molecule has 0 spiro atoms. The SMILES string of the molecule is COc1ccc(CN2SCc3c2c(Cl)cc(F)c3-n2c(C(F)(F)F)cc(=O)[nH]c2=O)cc1. The molecule has 0 fully saturated rings. The number of rotatable bonds is 4. The van der Waals surface area contributed by atoms with E-state index in [0.29, 0.717) is 18.0 Å². The number of halogens is 5. The number of nitrogens with one attached hydrogen (secondary N) is 1. The van der Waals surface area contributed by atoms with Gasteiger partial charge in [-0.15, -0.1) is 0 Å². The molecular formula is C20H14ClF4N3O3S. The average molecular weight is 488 g/mol. The molecule has 4 rings (SSSR count). The molecule has 0 aliphatic carbocycles. The molecule has 1 aliphatic rings. The lowest BCUT2D eigenvalue weighted by molar-refractivity contribution is -0.143. The van der Waals surface area contributed by atoms with Crippen molar-refractivity contribution >= 4 is 29.2 Å². The van der Waals surface area contributed by atoms with E-state index in [1.807, 2.05) is 12.1 Å². The number of hydrogen-bond acceptors (Lipinski definition) is 5. The van der Waals surface area contributed by atoms with Crippen LogP contribution in [0.1, 0.15) is 16.8 Å². The van der Waals surface area contributed by atoms with Crippen molar-refractivity contribution in [2.75, 3.05) is 11.4 Å². The summed E-state index contributed by atoms with van der Waals surface area (Å²) in [5.74, 6) is -0.385. The van der Waals surface area contributed by atoms with E-state index in [0.717, 1.165) is 11.6 Å². The second-order valence-electron chi connectivity index (χ2n) is 6.83. The van der Waals surface area contributed by atoms with Crippen molar-refractivity contribution in [2.24, 2.45) is 0 Å². The molecule has 0 radical (unpaired) electrons. The van der Waals surface area contributed by atoms with Crippen LogP contribution in [0.15, 0.2) is 46.0 Å². The molecule has 0 bridgehead atoms. The van der Waals surface area contributed by atoms with Crippen molar-refractivity contribution in [3.05, 3.63) is 84.9 Å². The molecule has 0 atom stereocenters. The molecule has 3 aromatic rings. The van der Waals surface area contributed by atoms with Crippen LogP contribution >= 0.6 is 23.5 Å². The Morgan fingerprint density at radius 2 is 1.84 bits per heavy atom. The predicted octanol–water partition coefficient (Wildman–Crippen LogP) is 4.51. The highest BCUT2D eigenvalue weighted by Gasteiger charge is 2.38. The normalized spacial score (nSPS) is 13.4. The van der Waals surface area contributed by atoms with Gasteiger partial charge in [-0.2, -0.15) is 13.2 Å². The van der Waals surface area contributed by atoms with Gasteiger partial charge in [0, 0.05) is 17.4 Å². The molecule has 2 heterocycles. The van der Waals surface area contributed by atoms with Crippen LogP contribution < -0.4 is 20.3 Å². The van der Waals surface area contributed by atoms with Gasteiger partial charge in [0.1, 0.15) is 17.3 Å². The molecular weight excluding hydrogens is 474 g/mol. The van der Waals surface area contributed by atoms with Crippen LogP contribution in [0.25, 0.3) is 5.69 Å². The maximum Gasteiger partial charge on any atom is 0.432 e. The third-order valence-electron chi connectivity index (χ3n) is 4.83. The van der Waals surface area contributed by atoms with E-state index in [9.17, 15) is 27.2 Å². The Kier molecular flexibility index (Phi) is 5.72. The first-order chi connectivity index (χ1) is 15.1. The Morgan fingerprint density at radius 1 is 1.16 bits per heavy atom. The zero-order valence-electron chi connectivity index (χ0n) is 16.3. The summed E-state index contributed by atoms with van der Waals surface area (Å²) in [7, 11) is 1.53. The highest BCUT2D eigenvalue weighted by molar-refractivity contribution is 8.00. The molecule has 32 heavy (non-hydrogen) atoms. The van der Waals surface area contributed by atoms with E-state index in [-0.39, 0.29) is 27.0 Å². The monoisotopic (exact) mass is 487 g/mol. The van der Waals surface area contributed by atoms with E-state index < -0.39 is 34.6 Å². The lowest BCUT2D eigenvalue weighted by atomic mass is 10.1. The quantitative estimate of drug-likeness (QED) is 0.433. The van der Waals surface area contributed by atoms with E-state index in [1.165, 1.54) is 19.1 Å². The topological polar surface area (TPSA) is 67.3 Å². The van der Waals surface area contributed by atoms with E-state index in [1.54, 1.807) is 21.4 Å². The molecule has 12 heteroatoms. The van der Waals surface area contributed by atoms with Gasteiger partial charge in [-0.05, 0) is 35.7 Å². The third kappa shape index (κ3) is 3.97. The fraction of sp³-hybridized carbons (Fsp3) is 0.200. The van der Waals surface area contributed by atoms with Crippen LogP contribution in [-0.4, -0.2) is 16.7 Å². The molecule has 2 aromatic carbocycles. The summed E-state index contributed by atoms with van der Waals surface area (Å²) in [6.07, 6.45) is -5.07. The van der Waals surface area contributed by atoms with Gasteiger partial charge in [0.2, 0.25) is 0 Å². The van der Waals surface area contributed by atoms with Gasteiger partial charge in [-0.3, -0.25) is 14.3 Å². The second-order valence-corrected chi connectivity index (χ2v) is 8.23. The minimum Gasteiger partial charge on any atom is -0.497 e. The summed E-state index contributed by atoms with van der Waals surface area (Å²) in [5.41, 5.74) is -3.53. The van der Waals surface area contributed by atoms with Gasteiger partial charge >= 0.3 is 11.9 Å². The smallest absolute Gasteiger partial charge is 0.432 e. The lowest BCUT2D eigenvalue weighted by Crippen LogP contribution is -2.35. The van der Waals surface area contributed by atoms with Crippen molar-refractivity contribution in [3.8, 4) is 11.4 Å². The van der Waals surface area contributed by atoms with Crippen LogP contribution in [0.3, 0.4) is 0 Å². The maximum atomic E-state index is 14.9. The van der Waals surface area contributed by atoms with Crippen molar-refractivity contribution in [3.63, 3.8) is 0 Å². The molecule has 0 unspecified atom stereocenters. The summed E-state index contributed by atoms with van der Waals surface area (Å²) in [5, 5.41) is -0.00852. The largest absolute Gasteiger partial charge is 0.497 e. The number of benzene rings is 2. The van der Waals surface area contributed by atoms with Crippen LogP contribution in [0.4, 0.5) is 23.2 Å². The minimum absolute atomic E-state index is 0.00852. The van der Waals surface area contributed by atoms with Crippen LogP contribution in [0.2, 0.25) is 5.02 Å². The number of fused-ring (bicyclic) bond motifs is 1. The van der Waals surface area contributed by atoms with Gasteiger partial charge in [-0.25, -0.2) is 9.18 Å². The van der Waals surface area contributed by atoms with Crippen LogP contribution in [0.5, 0.6) is 5.75 Å². The molecule has 168 valence electrons. The number of hydrogen-bond donors (Lipinski definition) is 1.